The number of phenols is 1. The number of urea groups is 1. The molecule has 1 fully saturated rings. The number of nitrogens with two attached hydrogens (primary N) is 1. The largest absolute Gasteiger partial charge is 0.508 e. The van der Waals surface area contributed by atoms with Gasteiger partial charge >= 0.3 is 18.1 Å². The van der Waals surface area contributed by atoms with Crippen molar-refractivity contribution < 1.29 is 72.1 Å². The Morgan fingerprint density at radius 1 is 0.814 bits per heavy atom. The molecule has 1 aromatic heterocycles. The van der Waals surface area contributed by atoms with E-state index in [9.17, 15) is 53.1 Å². The summed E-state index contributed by atoms with van der Waals surface area (Å²) in [5.74, 6) is -5.59. The van der Waals surface area contributed by atoms with Gasteiger partial charge in [0, 0.05) is 106 Å². The molecule has 24 nitrogen and oxygen atoms in total. The van der Waals surface area contributed by atoms with Crippen LogP contribution in [0.1, 0.15) is 198 Å². The summed E-state index contributed by atoms with van der Waals surface area (Å²) < 4.78 is 17.4. The highest BCUT2D eigenvalue weighted by molar-refractivity contribution is 7.09. The topological polar surface area (TPSA) is 332 Å². The van der Waals surface area contributed by atoms with Crippen LogP contribution in [0.5, 0.6) is 5.75 Å². The molecule has 2 aromatic carbocycles. The highest BCUT2D eigenvalue weighted by atomic mass is 32.1. The minimum Gasteiger partial charge on any atom is -0.508 e. The number of piperidine rings is 1. The number of imide groups is 1. The Balaban J connectivity index is 1.22. The number of thiazole rings is 1. The summed E-state index contributed by atoms with van der Waals surface area (Å²) in [4.78, 5) is 156. The Morgan fingerprint density at radius 2 is 1.51 bits per heavy atom. The summed E-state index contributed by atoms with van der Waals surface area (Å²) in [5.41, 5.74) is 7.31. The van der Waals surface area contributed by atoms with Crippen molar-refractivity contribution in [3.8, 4) is 5.75 Å². The Bertz CT molecular complexity index is 3120. The molecule has 7 N–H and O–H groups in total. The highest BCUT2D eigenvalue weighted by Crippen LogP contribution is 2.35. The molecule has 9 atom stereocenters. The molecule has 3 aromatic rings. The van der Waals surface area contributed by atoms with Gasteiger partial charge in [0.05, 0.1) is 25.1 Å². The molecule has 0 aliphatic carbocycles. The summed E-state index contributed by atoms with van der Waals surface area (Å²) in [6, 6.07) is 10.0. The predicted molar refractivity (Wildman–Crippen MR) is 368 cm³/mol. The number of Topliss-reactive ketones (excluding diaryl/α,β-unsaturated/α-hetero) is 2. The van der Waals surface area contributed by atoms with E-state index in [2.05, 4.69) is 35.1 Å². The van der Waals surface area contributed by atoms with E-state index in [1.165, 1.54) is 35.5 Å². The van der Waals surface area contributed by atoms with Crippen LogP contribution in [-0.2, 0) is 65.6 Å². The number of nitrogens with zero attached hydrogens (tertiary/aromatic N) is 4. The number of methoxy groups -OCH3 is 1. The molecule has 2 aliphatic rings. The first-order chi connectivity index (χ1) is 46.3. The van der Waals surface area contributed by atoms with Gasteiger partial charge in [-0.05, 0) is 124 Å². The molecule has 1 unspecified atom stereocenters. The number of anilines is 1. The number of primary amides is 1. The maximum Gasteiger partial charge on any atom is 0.410 e. The lowest BCUT2D eigenvalue weighted by molar-refractivity contribution is -0.145. The summed E-state index contributed by atoms with van der Waals surface area (Å²) >= 11 is 1.29. The van der Waals surface area contributed by atoms with Crippen LogP contribution in [0.15, 0.2) is 66.1 Å². The first-order valence-electron chi connectivity index (χ1n) is 34.6. The molecule has 5 rings (SSSR count). The standard InChI is InChI=1S/C72H105N9O15S/c1-11-34-79(58(45(4)5)42-61(95-37-12-2)68-77-56(44-97-68)67(89)76-53(38-48(9)70(91)94-10)39-49-25-29-54(82)30-26-49)69(90)55(47(8)13-3)41-59(83)57-21-16-18-35-80(57)72(93)96-43-50-23-27-52(28-24-50)75-66(88)51(20-19-33-74-71(73)92)40-60(84)65(46(6)7)78-62(85)22-15-14-17-36-81-63(86)31-32-64(81)87/h23-32,44-48,51,53,55,57-58,61,65,82H,11-22,33-43H2,1-10H3,(H,75,88)(H,76,89)(H,78,85)(H3,73,74,92)/t47-,48-,51+,53+,55?,57+,58+,61+,65-/m0/s1. The lowest BCUT2D eigenvalue weighted by atomic mass is 9.82. The fourth-order valence-electron chi connectivity index (χ4n) is 12.3. The lowest BCUT2D eigenvalue weighted by Gasteiger charge is -2.40. The average Bonchev–Trinajstić information content (AvgIpc) is 1.70. The number of amides is 9. The molecular weight excluding hydrogens is 1260 g/mol. The van der Waals surface area contributed by atoms with E-state index in [0.29, 0.717) is 113 Å². The average molecular weight is 1370 g/mol. The minimum atomic E-state index is -0.883. The number of hydrogen-bond acceptors (Lipinski definition) is 17. The van der Waals surface area contributed by atoms with Gasteiger partial charge in [-0.1, -0.05) is 99.4 Å². The third-order valence-corrected chi connectivity index (χ3v) is 19.0. The van der Waals surface area contributed by atoms with Crippen LogP contribution in [0, 0.1) is 35.5 Å². The van der Waals surface area contributed by atoms with Crippen LogP contribution >= 0.6 is 11.3 Å². The Kier molecular flexibility index (Phi) is 33.3. The van der Waals surface area contributed by atoms with Crippen molar-refractivity contribution in [3.05, 3.63) is 87.9 Å². The van der Waals surface area contributed by atoms with Crippen LogP contribution in [0.3, 0.4) is 0 Å². The van der Waals surface area contributed by atoms with Crippen molar-refractivity contribution in [1.29, 1.82) is 0 Å². The highest BCUT2D eigenvalue weighted by Gasteiger charge is 2.41. The fraction of sp³-hybridized carbons (Fsp3) is 0.611. The van der Waals surface area contributed by atoms with Crippen molar-refractivity contribution in [2.75, 3.05) is 45.2 Å². The number of aromatic hydroxyl groups is 1. The molecule has 3 heterocycles. The molecule has 1 saturated heterocycles. The second kappa shape index (κ2) is 40.6. The van der Waals surface area contributed by atoms with Crippen molar-refractivity contribution in [3.63, 3.8) is 0 Å². The van der Waals surface area contributed by atoms with Gasteiger partial charge < -0.3 is 51.2 Å². The van der Waals surface area contributed by atoms with E-state index < -0.39 is 71.9 Å². The number of unbranched alkanes of at least 4 members (excludes halogenated alkanes) is 2. The van der Waals surface area contributed by atoms with Crippen LogP contribution < -0.4 is 27.0 Å². The van der Waals surface area contributed by atoms with E-state index >= 15 is 4.79 Å². The number of rotatable bonds is 42. The Labute approximate surface area is 575 Å². The molecule has 25 heteroatoms. The van der Waals surface area contributed by atoms with Gasteiger partial charge in [0.1, 0.15) is 29.2 Å². The summed E-state index contributed by atoms with van der Waals surface area (Å²) in [7, 11) is 1.32. The van der Waals surface area contributed by atoms with Gasteiger partial charge in [-0.25, -0.2) is 14.6 Å². The Morgan fingerprint density at radius 3 is 2.13 bits per heavy atom. The van der Waals surface area contributed by atoms with E-state index in [1.54, 1.807) is 74.7 Å². The van der Waals surface area contributed by atoms with Crippen LogP contribution in [0.2, 0.25) is 0 Å². The van der Waals surface area contributed by atoms with Crippen molar-refractivity contribution >= 4 is 82.1 Å². The predicted octanol–water partition coefficient (Wildman–Crippen LogP) is 9.91. The van der Waals surface area contributed by atoms with Gasteiger partial charge in [-0.2, -0.15) is 0 Å². The molecule has 9 amide bonds. The maximum absolute atomic E-state index is 15.3. The second-order valence-electron chi connectivity index (χ2n) is 26.4. The molecule has 534 valence electrons. The number of benzene rings is 2. The second-order valence-corrected chi connectivity index (χ2v) is 27.3. The first-order valence-corrected chi connectivity index (χ1v) is 35.5. The number of nitrogens with one attached hydrogen (secondary N) is 4. The SMILES string of the molecule is CCCO[C@H](C[C@H](C(C)C)N(CCC)C(=O)C(CC(=O)[C@H]1CCCCN1C(=O)OCc1ccc(NC(=O)[C@H](CCCNC(N)=O)CC(=O)[C@@H](NC(=O)CCCCCN2C(=O)C=CC2=O)C(C)C)cc1)[C@@H](C)CC)c1nc(C(=O)N[C@@H](Cc2ccc(O)cc2)C[C@H](C)C(=O)OC)cs1. The van der Waals surface area contributed by atoms with Crippen molar-refractivity contribution in [2.24, 2.45) is 41.2 Å². The zero-order valence-electron chi connectivity index (χ0n) is 58.4. The fourth-order valence-corrected chi connectivity index (χ4v) is 13.2. The summed E-state index contributed by atoms with van der Waals surface area (Å²) in [5, 5.41) is 23.5. The van der Waals surface area contributed by atoms with E-state index in [-0.39, 0.29) is 122 Å². The summed E-state index contributed by atoms with van der Waals surface area (Å²) in [6.45, 7) is 18.8. The van der Waals surface area contributed by atoms with Crippen LogP contribution in [-0.4, -0.2) is 154 Å². The molecule has 0 spiro atoms. The van der Waals surface area contributed by atoms with Crippen molar-refractivity contribution in [2.45, 2.75) is 208 Å². The molecule has 2 aliphatic heterocycles. The number of carbonyl (C=O) groups is 11. The molecule has 0 bridgehead atoms. The normalized spacial score (nSPS) is 16.4. The number of carbonyl (C=O) groups excluding carboxylic acids is 11. The van der Waals surface area contributed by atoms with Gasteiger partial charge in [-0.15, -0.1) is 11.3 Å². The first kappa shape index (κ1) is 79.6. The maximum atomic E-state index is 15.3. The van der Waals surface area contributed by atoms with Gasteiger partial charge in [-0.3, -0.25) is 53.0 Å². The quantitative estimate of drug-likeness (QED) is 0.0174. The minimum absolute atomic E-state index is 0.0603. The lowest BCUT2D eigenvalue weighted by Crippen LogP contribution is -2.51. The number of esters is 1. The number of ether oxygens (including phenoxy) is 3. The van der Waals surface area contributed by atoms with Gasteiger partial charge in [0.25, 0.3) is 17.7 Å². The zero-order chi connectivity index (χ0) is 71.3. The number of ketones is 2. The molecule has 97 heavy (non-hydrogen) atoms. The third kappa shape index (κ3) is 25.4. The number of hydrogen-bond donors (Lipinski definition) is 6. The van der Waals surface area contributed by atoms with Crippen LogP contribution in [0.25, 0.3) is 0 Å². The van der Waals surface area contributed by atoms with E-state index in [0.717, 1.165) is 10.5 Å². The number of aromatic nitrogens is 1. The molecular formula is C72H105N9O15S. The number of likely N-dealkylation sites (tertiary alicyclic amines) is 1. The monoisotopic (exact) mass is 1370 g/mol. The summed E-state index contributed by atoms with van der Waals surface area (Å²) in [6.07, 6.45) is 7.90. The van der Waals surface area contributed by atoms with Crippen molar-refractivity contribution in [1.82, 2.24) is 35.6 Å². The van der Waals surface area contributed by atoms with E-state index in [1.807, 2.05) is 32.6 Å². The zero-order valence-corrected chi connectivity index (χ0v) is 59.2. The van der Waals surface area contributed by atoms with E-state index in [4.69, 9.17) is 24.9 Å². The third-order valence-electron chi connectivity index (χ3n) is 18.0. The molecule has 0 saturated carbocycles. The van der Waals surface area contributed by atoms with Crippen LogP contribution in [0.4, 0.5) is 15.3 Å². The van der Waals surface area contributed by atoms with Gasteiger partial charge in [0.15, 0.2) is 11.6 Å². The van der Waals surface area contributed by atoms with Gasteiger partial charge in [0.2, 0.25) is 17.7 Å². The number of phenolic OH excluding ortho intramolecular Hbond substituents is 1. The smallest absolute Gasteiger partial charge is 0.410 e. The Hall–Kier alpha value is -8.06. The molecule has 0 radical (unpaired) electrons.